The van der Waals surface area contributed by atoms with E-state index in [0.29, 0.717) is 6.04 Å². The van der Waals surface area contributed by atoms with Crippen molar-refractivity contribution >= 4 is 0 Å². The molecule has 2 nitrogen and oxygen atoms in total. The molecule has 0 radical (unpaired) electrons. The molecule has 1 aliphatic rings. The Morgan fingerprint density at radius 1 is 1.40 bits per heavy atom. The lowest BCUT2D eigenvalue weighted by Crippen LogP contribution is -2.42. The molecular weight excluding hydrogens is 184 g/mol. The smallest absolute Gasteiger partial charge is 0.0598 e. The molecule has 0 saturated carbocycles. The first-order chi connectivity index (χ1) is 7.36. The first-order valence-electron chi connectivity index (χ1n) is 5.65. The third kappa shape index (κ3) is 4.88. The molecule has 1 heterocycles. The van der Waals surface area contributed by atoms with Gasteiger partial charge in [0.15, 0.2) is 0 Å². The second kappa shape index (κ2) is 7.35. The summed E-state index contributed by atoms with van der Waals surface area (Å²) in [5.41, 5.74) is 0. The molecule has 1 fully saturated rings. The summed E-state index contributed by atoms with van der Waals surface area (Å²) in [4.78, 5) is 2.34. The van der Waals surface area contributed by atoms with Crippen molar-refractivity contribution in [3.8, 4) is 24.2 Å². The Kier molecular flexibility index (Phi) is 5.93. The van der Waals surface area contributed by atoms with Gasteiger partial charge in [0.2, 0.25) is 0 Å². The van der Waals surface area contributed by atoms with E-state index in [4.69, 9.17) is 6.42 Å². The zero-order valence-corrected chi connectivity index (χ0v) is 9.55. The summed E-state index contributed by atoms with van der Waals surface area (Å²) in [5.74, 6) is 8.68. The third-order valence-corrected chi connectivity index (χ3v) is 2.76. The van der Waals surface area contributed by atoms with Gasteiger partial charge in [-0.2, -0.15) is 0 Å². The van der Waals surface area contributed by atoms with Gasteiger partial charge in [-0.1, -0.05) is 5.92 Å². The number of hydrogen-bond donors (Lipinski definition) is 1. The second-order valence-corrected chi connectivity index (χ2v) is 3.89. The molecule has 0 aromatic rings. The highest BCUT2D eigenvalue weighted by Crippen LogP contribution is 2.09. The van der Waals surface area contributed by atoms with Crippen LogP contribution >= 0.6 is 0 Å². The molecule has 0 spiro atoms. The van der Waals surface area contributed by atoms with E-state index in [9.17, 15) is 0 Å². The highest BCUT2D eigenvalue weighted by atomic mass is 15.1. The van der Waals surface area contributed by atoms with Crippen LogP contribution < -0.4 is 5.32 Å². The zero-order chi connectivity index (χ0) is 10.9. The largest absolute Gasteiger partial charge is 0.313 e. The van der Waals surface area contributed by atoms with E-state index in [1.165, 1.54) is 12.8 Å². The number of piperidine rings is 1. The predicted octanol–water partition coefficient (Wildman–Crippen LogP) is 1.09. The summed E-state index contributed by atoms with van der Waals surface area (Å²) in [6.07, 6.45) is 8.66. The molecule has 0 aliphatic carbocycles. The lowest BCUT2D eigenvalue weighted by atomic mass is 10.1. The lowest BCUT2D eigenvalue weighted by molar-refractivity contribution is 0.219. The highest BCUT2D eigenvalue weighted by Gasteiger charge is 2.17. The fourth-order valence-electron chi connectivity index (χ4n) is 1.89. The van der Waals surface area contributed by atoms with E-state index in [1.54, 1.807) is 0 Å². The standard InChI is InChI=1S/C13H20N2/c1-3-5-6-9-14-13-7-11-15(10-4-2)12-8-13/h2,13-14H,6-12H2,1H3. The molecule has 1 aliphatic heterocycles. The van der Waals surface area contributed by atoms with E-state index < -0.39 is 0 Å². The maximum Gasteiger partial charge on any atom is 0.0598 e. The molecule has 0 aromatic carbocycles. The number of nitrogens with zero attached hydrogens (tertiary/aromatic N) is 1. The van der Waals surface area contributed by atoms with Crippen LogP contribution in [-0.2, 0) is 0 Å². The van der Waals surface area contributed by atoms with Crippen molar-refractivity contribution in [2.75, 3.05) is 26.2 Å². The SMILES string of the molecule is C#CCN1CCC(NCCC#CC)CC1. The van der Waals surface area contributed by atoms with Gasteiger partial charge in [0.25, 0.3) is 0 Å². The molecule has 82 valence electrons. The first kappa shape index (κ1) is 12.1. The van der Waals surface area contributed by atoms with Gasteiger partial charge in [0.05, 0.1) is 6.54 Å². The number of terminal acetylenes is 1. The van der Waals surface area contributed by atoms with Gasteiger partial charge in [0.1, 0.15) is 0 Å². The number of hydrogen-bond acceptors (Lipinski definition) is 2. The monoisotopic (exact) mass is 204 g/mol. The average Bonchev–Trinajstić information content (AvgIpc) is 2.27. The van der Waals surface area contributed by atoms with Crippen molar-refractivity contribution in [2.45, 2.75) is 32.2 Å². The van der Waals surface area contributed by atoms with Gasteiger partial charge in [-0.15, -0.1) is 18.3 Å². The zero-order valence-electron chi connectivity index (χ0n) is 9.55. The average molecular weight is 204 g/mol. The summed E-state index contributed by atoms with van der Waals surface area (Å²) < 4.78 is 0. The van der Waals surface area contributed by atoms with Crippen LogP contribution in [0.15, 0.2) is 0 Å². The van der Waals surface area contributed by atoms with Crippen LogP contribution in [0.3, 0.4) is 0 Å². The highest BCUT2D eigenvalue weighted by molar-refractivity contribution is 4.95. The van der Waals surface area contributed by atoms with Crippen LogP contribution in [0.25, 0.3) is 0 Å². The van der Waals surface area contributed by atoms with Gasteiger partial charge in [0, 0.05) is 32.1 Å². The summed E-state index contributed by atoms with van der Waals surface area (Å²) in [5, 5.41) is 3.54. The van der Waals surface area contributed by atoms with E-state index in [2.05, 4.69) is 28.0 Å². The summed E-state index contributed by atoms with van der Waals surface area (Å²) in [7, 11) is 0. The van der Waals surface area contributed by atoms with Gasteiger partial charge in [-0.05, 0) is 19.8 Å². The lowest BCUT2D eigenvalue weighted by Gasteiger charge is -2.31. The van der Waals surface area contributed by atoms with E-state index >= 15 is 0 Å². The Balaban J connectivity index is 2.09. The summed E-state index contributed by atoms with van der Waals surface area (Å²) >= 11 is 0. The molecule has 1 N–H and O–H groups in total. The minimum absolute atomic E-state index is 0.665. The molecule has 2 heteroatoms. The van der Waals surface area contributed by atoms with Crippen molar-refractivity contribution in [2.24, 2.45) is 0 Å². The van der Waals surface area contributed by atoms with Crippen molar-refractivity contribution in [3.05, 3.63) is 0 Å². The van der Waals surface area contributed by atoms with Crippen LogP contribution in [0.5, 0.6) is 0 Å². The normalized spacial score (nSPS) is 17.9. The van der Waals surface area contributed by atoms with Gasteiger partial charge < -0.3 is 5.32 Å². The Morgan fingerprint density at radius 3 is 2.73 bits per heavy atom. The molecule has 1 saturated heterocycles. The fraction of sp³-hybridized carbons (Fsp3) is 0.692. The van der Waals surface area contributed by atoms with Gasteiger partial charge in [-0.25, -0.2) is 0 Å². The minimum Gasteiger partial charge on any atom is -0.313 e. The minimum atomic E-state index is 0.665. The Bertz CT molecular complexity index is 258. The molecular formula is C13H20N2. The van der Waals surface area contributed by atoms with Gasteiger partial charge >= 0.3 is 0 Å². The van der Waals surface area contributed by atoms with Crippen molar-refractivity contribution in [3.63, 3.8) is 0 Å². The maximum absolute atomic E-state index is 5.29. The van der Waals surface area contributed by atoms with Crippen LogP contribution in [-0.4, -0.2) is 37.1 Å². The summed E-state index contributed by atoms with van der Waals surface area (Å²) in [6.45, 7) is 5.95. The molecule has 15 heavy (non-hydrogen) atoms. The molecule has 1 rings (SSSR count). The molecule has 0 atom stereocenters. The quantitative estimate of drug-likeness (QED) is 0.545. The van der Waals surface area contributed by atoms with E-state index in [1.807, 2.05) is 6.92 Å². The van der Waals surface area contributed by atoms with Crippen LogP contribution in [0.1, 0.15) is 26.2 Å². The predicted molar refractivity (Wildman–Crippen MR) is 64.4 cm³/mol. The first-order valence-corrected chi connectivity index (χ1v) is 5.65. The van der Waals surface area contributed by atoms with Crippen molar-refractivity contribution < 1.29 is 0 Å². The molecule has 0 unspecified atom stereocenters. The molecule has 0 bridgehead atoms. The third-order valence-electron chi connectivity index (χ3n) is 2.76. The summed E-state index contributed by atoms with van der Waals surface area (Å²) in [6, 6.07) is 0.665. The topological polar surface area (TPSA) is 15.3 Å². The van der Waals surface area contributed by atoms with Gasteiger partial charge in [-0.3, -0.25) is 4.90 Å². The number of nitrogens with one attached hydrogen (secondary N) is 1. The number of likely N-dealkylation sites (tertiary alicyclic amines) is 1. The fourth-order valence-corrected chi connectivity index (χ4v) is 1.89. The van der Waals surface area contributed by atoms with E-state index in [0.717, 1.165) is 32.6 Å². The Hall–Kier alpha value is -0.960. The maximum atomic E-state index is 5.29. The molecule has 0 amide bonds. The van der Waals surface area contributed by atoms with Crippen LogP contribution in [0.2, 0.25) is 0 Å². The van der Waals surface area contributed by atoms with Crippen LogP contribution in [0, 0.1) is 24.2 Å². The molecule has 0 aromatic heterocycles. The Morgan fingerprint density at radius 2 is 2.13 bits per heavy atom. The van der Waals surface area contributed by atoms with Crippen molar-refractivity contribution in [1.29, 1.82) is 0 Å². The Labute approximate surface area is 93.4 Å². The van der Waals surface area contributed by atoms with Crippen molar-refractivity contribution in [1.82, 2.24) is 10.2 Å². The van der Waals surface area contributed by atoms with Crippen LogP contribution in [0.4, 0.5) is 0 Å². The van der Waals surface area contributed by atoms with E-state index in [-0.39, 0.29) is 0 Å². The second-order valence-electron chi connectivity index (χ2n) is 3.89. The number of rotatable bonds is 4.